The smallest absolute Gasteiger partial charge is 0.298 e. The van der Waals surface area contributed by atoms with E-state index in [0.29, 0.717) is 16.7 Å². The first-order valence-corrected chi connectivity index (χ1v) is 6.55. The van der Waals surface area contributed by atoms with Crippen LogP contribution < -0.4 is 17.0 Å². The van der Waals surface area contributed by atoms with Crippen LogP contribution in [0.5, 0.6) is 0 Å². The molecule has 3 heterocycles. The Morgan fingerprint density at radius 3 is 3.00 bits per heavy atom. The SMILES string of the molecule is NNc1nnc(Cn2nc3n(c2=O)CCCC3)s1. The number of hydrogen-bond acceptors (Lipinski definition) is 7. The van der Waals surface area contributed by atoms with Crippen LogP contribution in [0.3, 0.4) is 0 Å². The van der Waals surface area contributed by atoms with E-state index in [2.05, 4.69) is 20.7 Å². The van der Waals surface area contributed by atoms with Gasteiger partial charge < -0.3 is 0 Å². The summed E-state index contributed by atoms with van der Waals surface area (Å²) in [5, 5.41) is 13.3. The van der Waals surface area contributed by atoms with Crippen LogP contribution in [0.2, 0.25) is 0 Å². The first-order chi connectivity index (χ1) is 8.78. The summed E-state index contributed by atoms with van der Waals surface area (Å²) in [5.41, 5.74) is 2.36. The van der Waals surface area contributed by atoms with Crippen LogP contribution in [0.25, 0.3) is 0 Å². The fourth-order valence-electron chi connectivity index (χ4n) is 2.06. The maximum absolute atomic E-state index is 12.1. The Kier molecular flexibility index (Phi) is 2.84. The van der Waals surface area contributed by atoms with Crippen molar-refractivity contribution in [3.8, 4) is 0 Å². The Morgan fingerprint density at radius 2 is 2.28 bits per heavy atom. The van der Waals surface area contributed by atoms with Crippen LogP contribution >= 0.6 is 11.3 Å². The van der Waals surface area contributed by atoms with Crippen molar-refractivity contribution >= 4 is 16.5 Å². The fraction of sp³-hybridized carbons (Fsp3) is 0.556. The monoisotopic (exact) mass is 267 g/mol. The van der Waals surface area contributed by atoms with E-state index in [1.54, 1.807) is 4.57 Å². The molecule has 96 valence electrons. The van der Waals surface area contributed by atoms with Crippen LogP contribution in [0.4, 0.5) is 5.13 Å². The molecule has 9 heteroatoms. The van der Waals surface area contributed by atoms with E-state index in [0.717, 1.165) is 31.6 Å². The Hall–Kier alpha value is -1.74. The largest absolute Gasteiger partial charge is 0.346 e. The molecule has 1 aliphatic rings. The summed E-state index contributed by atoms with van der Waals surface area (Å²) in [6.45, 7) is 1.11. The molecule has 0 unspecified atom stereocenters. The molecule has 0 saturated carbocycles. The summed E-state index contributed by atoms with van der Waals surface area (Å²) in [4.78, 5) is 12.1. The highest BCUT2D eigenvalue weighted by molar-refractivity contribution is 7.15. The van der Waals surface area contributed by atoms with Gasteiger partial charge in [-0.1, -0.05) is 11.3 Å². The molecule has 2 aromatic heterocycles. The lowest BCUT2D eigenvalue weighted by molar-refractivity contribution is 0.511. The number of nitrogen functional groups attached to an aromatic ring is 1. The minimum Gasteiger partial charge on any atom is -0.298 e. The summed E-state index contributed by atoms with van der Waals surface area (Å²) in [6.07, 6.45) is 3.00. The lowest BCUT2D eigenvalue weighted by Crippen LogP contribution is -2.27. The van der Waals surface area contributed by atoms with Crippen LogP contribution in [0.1, 0.15) is 23.7 Å². The number of nitrogens with one attached hydrogen (secondary N) is 1. The minimum atomic E-state index is -0.0674. The molecule has 0 fully saturated rings. The van der Waals surface area contributed by atoms with Crippen molar-refractivity contribution in [1.82, 2.24) is 24.5 Å². The third kappa shape index (κ3) is 1.91. The first kappa shape index (κ1) is 11.4. The zero-order valence-electron chi connectivity index (χ0n) is 9.67. The van der Waals surface area contributed by atoms with Gasteiger partial charge in [0.25, 0.3) is 0 Å². The second-order valence-corrected chi connectivity index (χ2v) is 5.17. The molecular weight excluding hydrogens is 254 g/mol. The number of rotatable bonds is 3. The van der Waals surface area contributed by atoms with Gasteiger partial charge in [0.2, 0.25) is 5.13 Å². The summed E-state index contributed by atoms with van der Waals surface area (Å²) >= 11 is 1.32. The lowest BCUT2D eigenvalue weighted by Gasteiger charge is -2.09. The van der Waals surface area contributed by atoms with Gasteiger partial charge in [-0.2, -0.15) is 5.10 Å². The third-order valence-corrected chi connectivity index (χ3v) is 3.75. The average molecular weight is 267 g/mol. The standard InChI is InChI=1S/C9H13N7OS/c10-11-8-13-12-7(18-8)5-16-9(17)15-4-2-1-3-6(15)14-16/h1-5,10H2,(H,11,13). The van der Waals surface area contributed by atoms with Crippen molar-refractivity contribution in [3.63, 3.8) is 0 Å². The first-order valence-electron chi connectivity index (χ1n) is 5.73. The molecule has 1 aliphatic heterocycles. The number of aromatic nitrogens is 5. The minimum absolute atomic E-state index is 0.0674. The van der Waals surface area contributed by atoms with Crippen molar-refractivity contribution in [3.05, 3.63) is 21.3 Å². The molecule has 3 rings (SSSR count). The van der Waals surface area contributed by atoms with Gasteiger partial charge in [-0.15, -0.1) is 10.2 Å². The van der Waals surface area contributed by atoms with E-state index in [1.807, 2.05) is 0 Å². The predicted molar refractivity (Wildman–Crippen MR) is 66.2 cm³/mol. The topological polar surface area (TPSA) is 104 Å². The van der Waals surface area contributed by atoms with Gasteiger partial charge in [0.1, 0.15) is 17.4 Å². The number of hydrogen-bond donors (Lipinski definition) is 2. The molecule has 0 radical (unpaired) electrons. The van der Waals surface area contributed by atoms with Crippen LogP contribution in [0.15, 0.2) is 4.79 Å². The van der Waals surface area contributed by atoms with E-state index in [-0.39, 0.29) is 5.69 Å². The van der Waals surface area contributed by atoms with E-state index in [9.17, 15) is 4.79 Å². The van der Waals surface area contributed by atoms with E-state index in [1.165, 1.54) is 16.0 Å². The average Bonchev–Trinajstić information content (AvgIpc) is 2.97. The van der Waals surface area contributed by atoms with Crippen molar-refractivity contribution < 1.29 is 0 Å². The van der Waals surface area contributed by atoms with Crippen molar-refractivity contribution in [2.24, 2.45) is 5.84 Å². The maximum atomic E-state index is 12.1. The molecule has 0 aliphatic carbocycles. The van der Waals surface area contributed by atoms with Gasteiger partial charge in [0.15, 0.2) is 0 Å². The van der Waals surface area contributed by atoms with E-state index in [4.69, 9.17) is 5.84 Å². The summed E-state index contributed by atoms with van der Waals surface area (Å²) < 4.78 is 3.19. The predicted octanol–water partition coefficient (Wildman–Crippen LogP) is -0.434. The van der Waals surface area contributed by atoms with E-state index >= 15 is 0 Å². The number of anilines is 1. The molecule has 0 bridgehead atoms. The molecule has 0 aromatic carbocycles. The molecule has 0 atom stereocenters. The molecule has 3 N–H and O–H groups in total. The highest BCUT2D eigenvalue weighted by Gasteiger charge is 2.17. The van der Waals surface area contributed by atoms with Gasteiger partial charge in [-0.3, -0.25) is 9.99 Å². The third-order valence-electron chi connectivity index (χ3n) is 2.91. The summed E-state index contributed by atoms with van der Waals surface area (Å²) in [5.74, 6) is 6.10. The van der Waals surface area contributed by atoms with Gasteiger partial charge in [-0.25, -0.2) is 15.3 Å². The molecule has 0 amide bonds. The fourth-order valence-corrected chi connectivity index (χ4v) is 2.69. The molecule has 8 nitrogen and oxygen atoms in total. The van der Waals surface area contributed by atoms with Crippen molar-refractivity contribution in [1.29, 1.82) is 0 Å². The number of hydrazine groups is 1. The highest BCUT2D eigenvalue weighted by atomic mass is 32.1. The molecule has 18 heavy (non-hydrogen) atoms. The Labute approximate surface area is 106 Å². The number of aryl methyl sites for hydroxylation is 1. The molecule has 0 spiro atoms. The molecule has 0 saturated heterocycles. The Bertz CT molecular complexity index is 613. The number of nitrogens with zero attached hydrogens (tertiary/aromatic N) is 5. The zero-order chi connectivity index (χ0) is 12.5. The quantitative estimate of drug-likeness (QED) is 0.577. The second-order valence-electron chi connectivity index (χ2n) is 4.11. The lowest BCUT2D eigenvalue weighted by atomic mass is 10.2. The van der Waals surface area contributed by atoms with Crippen molar-refractivity contribution in [2.75, 3.05) is 5.43 Å². The number of nitrogens with two attached hydrogens (primary N) is 1. The maximum Gasteiger partial charge on any atom is 0.346 e. The van der Waals surface area contributed by atoms with Gasteiger partial charge in [0, 0.05) is 13.0 Å². The highest BCUT2D eigenvalue weighted by Crippen LogP contribution is 2.15. The Morgan fingerprint density at radius 1 is 1.39 bits per heavy atom. The van der Waals surface area contributed by atoms with Gasteiger partial charge >= 0.3 is 5.69 Å². The van der Waals surface area contributed by atoms with Gasteiger partial charge in [-0.05, 0) is 12.8 Å². The van der Waals surface area contributed by atoms with Crippen LogP contribution in [0, 0.1) is 0 Å². The van der Waals surface area contributed by atoms with Crippen LogP contribution in [-0.4, -0.2) is 24.5 Å². The van der Waals surface area contributed by atoms with Crippen LogP contribution in [-0.2, 0) is 19.5 Å². The van der Waals surface area contributed by atoms with Crippen molar-refractivity contribution in [2.45, 2.75) is 32.4 Å². The number of fused-ring (bicyclic) bond motifs is 1. The zero-order valence-corrected chi connectivity index (χ0v) is 10.5. The Balaban J connectivity index is 1.88. The van der Waals surface area contributed by atoms with E-state index < -0.39 is 0 Å². The normalized spacial score (nSPS) is 14.5. The van der Waals surface area contributed by atoms with Gasteiger partial charge in [0.05, 0.1) is 0 Å². The summed E-state index contributed by atoms with van der Waals surface area (Å²) in [7, 11) is 0. The summed E-state index contributed by atoms with van der Waals surface area (Å²) in [6, 6.07) is 0. The molecule has 2 aromatic rings. The second kappa shape index (κ2) is 4.50. The molecular formula is C9H13N7OS.